The fourth-order valence-corrected chi connectivity index (χ4v) is 1.43. The van der Waals surface area contributed by atoms with Crippen LogP contribution in [0.3, 0.4) is 0 Å². The van der Waals surface area contributed by atoms with E-state index in [-0.39, 0.29) is 5.69 Å². The molecule has 0 bridgehead atoms. The Kier molecular flexibility index (Phi) is 2.08. The van der Waals surface area contributed by atoms with Crippen LogP contribution in [0, 0.1) is 10.1 Å². The van der Waals surface area contributed by atoms with Crippen LogP contribution in [0.15, 0.2) is 12.1 Å². The highest BCUT2D eigenvalue weighted by atomic mass is 16.6. The smallest absolute Gasteiger partial charge is 0.292 e. The molecule has 1 aliphatic rings. The normalized spacial score (nSPS) is 17.2. The number of nitrogens with two attached hydrogens (primary N) is 1. The molecule has 1 heterocycles. The molecule has 1 aliphatic carbocycles. The van der Waals surface area contributed by atoms with E-state index in [1.807, 2.05) is 0 Å². The van der Waals surface area contributed by atoms with Gasteiger partial charge in [-0.05, 0) is 12.8 Å². The second-order valence-corrected chi connectivity index (χ2v) is 3.63. The standard InChI is InChI=1S/C9H11N3O3/c1-15-7-3-2-6(12(13)14)8(11-7)9(10)4-5-9/h2-3H,4-5,10H2,1H3. The number of hydrogen-bond donors (Lipinski definition) is 1. The van der Waals surface area contributed by atoms with Crippen molar-refractivity contribution in [2.75, 3.05) is 7.11 Å². The maximum Gasteiger partial charge on any atom is 0.292 e. The third kappa shape index (κ3) is 1.63. The van der Waals surface area contributed by atoms with Gasteiger partial charge in [-0.1, -0.05) is 0 Å². The Morgan fingerprint density at radius 2 is 2.27 bits per heavy atom. The molecular formula is C9H11N3O3. The lowest BCUT2D eigenvalue weighted by Gasteiger charge is -2.09. The molecule has 0 atom stereocenters. The Bertz CT molecular complexity index is 415. The summed E-state index contributed by atoms with van der Waals surface area (Å²) in [7, 11) is 1.47. The van der Waals surface area contributed by atoms with Gasteiger partial charge in [0.15, 0.2) is 0 Å². The van der Waals surface area contributed by atoms with Gasteiger partial charge in [0.05, 0.1) is 17.6 Å². The van der Waals surface area contributed by atoms with Crippen LogP contribution in [-0.4, -0.2) is 17.0 Å². The molecule has 2 rings (SSSR count). The molecule has 0 aromatic carbocycles. The predicted molar refractivity (Wildman–Crippen MR) is 52.5 cm³/mol. The minimum absolute atomic E-state index is 0.0317. The number of ether oxygens (including phenoxy) is 1. The zero-order chi connectivity index (χ0) is 11.1. The van der Waals surface area contributed by atoms with Gasteiger partial charge in [0.2, 0.25) is 5.88 Å². The zero-order valence-electron chi connectivity index (χ0n) is 8.27. The summed E-state index contributed by atoms with van der Waals surface area (Å²) in [4.78, 5) is 14.4. The van der Waals surface area contributed by atoms with Crippen molar-refractivity contribution in [1.82, 2.24) is 4.98 Å². The van der Waals surface area contributed by atoms with Gasteiger partial charge in [0, 0.05) is 12.1 Å². The summed E-state index contributed by atoms with van der Waals surface area (Å²) < 4.78 is 4.92. The lowest BCUT2D eigenvalue weighted by molar-refractivity contribution is -0.386. The van der Waals surface area contributed by atoms with E-state index in [4.69, 9.17) is 10.5 Å². The molecule has 15 heavy (non-hydrogen) atoms. The van der Waals surface area contributed by atoms with E-state index in [0.29, 0.717) is 11.6 Å². The van der Waals surface area contributed by atoms with Gasteiger partial charge in [-0.25, -0.2) is 4.98 Å². The van der Waals surface area contributed by atoms with E-state index in [1.165, 1.54) is 19.2 Å². The quantitative estimate of drug-likeness (QED) is 0.591. The first kappa shape index (κ1) is 9.85. The molecule has 0 spiro atoms. The summed E-state index contributed by atoms with van der Waals surface area (Å²) in [6.07, 6.45) is 1.46. The molecule has 0 saturated heterocycles. The molecular weight excluding hydrogens is 198 g/mol. The summed E-state index contributed by atoms with van der Waals surface area (Å²) in [5, 5.41) is 10.8. The second-order valence-electron chi connectivity index (χ2n) is 3.63. The van der Waals surface area contributed by atoms with Crippen LogP contribution in [0.4, 0.5) is 5.69 Å². The molecule has 0 unspecified atom stereocenters. The fraction of sp³-hybridized carbons (Fsp3) is 0.444. The molecule has 1 aromatic heterocycles. The highest BCUT2D eigenvalue weighted by Crippen LogP contribution is 2.45. The van der Waals surface area contributed by atoms with Gasteiger partial charge in [-0.3, -0.25) is 10.1 Å². The number of pyridine rings is 1. The van der Waals surface area contributed by atoms with E-state index >= 15 is 0 Å². The maximum absolute atomic E-state index is 10.8. The molecule has 2 N–H and O–H groups in total. The van der Waals surface area contributed by atoms with Gasteiger partial charge < -0.3 is 10.5 Å². The largest absolute Gasteiger partial charge is 0.481 e. The number of hydrogen-bond acceptors (Lipinski definition) is 5. The van der Waals surface area contributed by atoms with Gasteiger partial charge in [0.25, 0.3) is 5.69 Å². The first-order chi connectivity index (χ1) is 7.07. The monoisotopic (exact) mass is 209 g/mol. The fourth-order valence-electron chi connectivity index (χ4n) is 1.43. The van der Waals surface area contributed by atoms with E-state index in [1.54, 1.807) is 0 Å². The lowest BCUT2D eigenvalue weighted by atomic mass is 10.1. The Hall–Kier alpha value is -1.69. The van der Waals surface area contributed by atoms with Crippen molar-refractivity contribution in [2.24, 2.45) is 5.73 Å². The minimum atomic E-state index is -0.628. The lowest BCUT2D eigenvalue weighted by Crippen LogP contribution is -2.22. The van der Waals surface area contributed by atoms with Crippen molar-refractivity contribution in [3.63, 3.8) is 0 Å². The number of rotatable bonds is 3. The summed E-state index contributed by atoms with van der Waals surface area (Å²) in [5.41, 5.74) is 5.57. The van der Waals surface area contributed by atoms with Crippen molar-refractivity contribution < 1.29 is 9.66 Å². The highest BCUT2D eigenvalue weighted by molar-refractivity contribution is 5.44. The van der Waals surface area contributed by atoms with Gasteiger partial charge >= 0.3 is 0 Å². The average Bonchev–Trinajstić information content (AvgIpc) is 2.97. The Balaban J connectivity index is 2.51. The van der Waals surface area contributed by atoms with E-state index in [0.717, 1.165) is 12.8 Å². The maximum atomic E-state index is 10.8. The summed E-state index contributed by atoms with van der Waals surface area (Å²) in [5.74, 6) is 0.354. The molecule has 0 aliphatic heterocycles. The average molecular weight is 209 g/mol. The van der Waals surface area contributed by atoms with E-state index < -0.39 is 10.5 Å². The van der Waals surface area contributed by atoms with Gasteiger partial charge in [0.1, 0.15) is 5.69 Å². The molecule has 1 saturated carbocycles. The molecule has 0 amide bonds. The summed E-state index contributed by atoms with van der Waals surface area (Å²) in [6.45, 7) is 0. The van der Waals surface area contributed by atoms with Crippen LogP contribution in [0.5, 0.6) is 5.88 Å². The Morgan fingerprint density at radius 3 is 2.73 bits per heavy atom. The van der Waals surface area contributed by atoms with Crippen LogP contribution in [-0.2, 0) is 5.54 Å². The van der Waals surface area contributed by atoms with Crippen molar-refractivity contribution in [3.8, 4) is 5.88 Å². The predicted octanol–water partition coefficient (Wildman–Crippen LogP) is 0.946. The number of aromatic nitrogens is 1. The third-order valence-corrected chi connectivity index (χ3v) is 2.51. The third-order valence-electron chi connectivity index (χ3n) is 2.51. The SMILES string of the molecule is COc1ccc([N+](=O)[O-])c(C2(N)CC2)n1. The van der Waals surface area contributed by atoms with Crippen molar-refractivity contribution >= 4 is 5.69 Å². The first-order valence-electron chi connectivity index (χ1n) is 4.55. The number of nitrogens with zero attached hydrogens (tertiary/aromatic N) is 2. The van der Waals surface area contributed by atoms with Crippen molar-refractivity contribution in [1.29, 1.82) is 0 Å². The van der Waals surface area contributed by atoms with Crippen molar-refractivity contribution in [3.05, 3.63) is 27.9 Å². The van der Waals surface area contributed by atoms with Crippen LogP contribution >= 0.6 is 0 Å². The van der Waals surface area contributed by atoms with Crippen LogP contribution in [0.25, 0.3) is 0 Å². The van der Waals surface area contributed by atoms with Crippen LogP contribution < -0.4 is 10.5 Å². The van der Waals surface area contributed by atoms with E-state index in [9.17, 15) is 10.1 Å². The topological polar surface area (TPSA) is 91.3 Å². The van der Waals surface area contributed by atoms with Crippen LogP contribution in [0.1, 0.15) is 18.5 Å². The van der Waals surface area contributed by atoms with Gasteiger partial charge in [-0.15, -0.1) is 0 Å². The Labute approximate surface area is 86.2 Å². The second kappa shape index (κ2) is 3.16. The summed E-state index contributed by atoms with van der Waals surface area (Å²) >= 11 is 0. The summed E-state index contributed by atoms with van der Waals surface area (Å²) in [6, 6.07) is 2.85. The number of methoxy groups -OCH3 is 1. The Morgan fingerprint density at radius 1 is 1.60 bits per heavy atom. The molecule has 1 fully saturated rings. The molecule has 1 aromatic rings. The van der Waals surface area contributed by atoms with E-state index in [2.05, 4.69) is 4.98 Å². The highest BCUT2D eigenvalue weighted by Gasteiger charge is 2.46. The molecule has 0 radical (unpaired) electrons. The van der Waals surface area contributed by atoms with Crippen molar-refractivity contribution in [2.45, 2.75) is 18.4 Å². The minimum Gasteiger partial charge on any atom is -0.481 e. The first-order valence-corrected chi connectivity index (χ1v) is 4.55. The molecule has 80 valence electrons. The molecule has 6 heteroatoms. The number of nitro groups is 1. The van der Waals surface area contributed by atoms with Gasteiger partial charge in [-0.2, -0.15) is 0 Å². The zero-order valence-corrected chi connectivity index (χ0v) is 8.27. The molecule has 6 nitrogen and oxygen atoms in total. The van der Waals surface area contributed by atoms with Crippen LogP contribution in [0.2, 0.25) is 0 Å².